The first-order valence-corrected chi connectivity index (χ1v) is 8.08. The lowest BCUT2D eigenvalue weighted by Crippen LogP contribution is -2.05. The van der Waals surface area contributed by atoms with Gasteiger partial charge in [0.15, 0.2) is 17.2 Å². The second-order valence-electron chi connectivity index (χ2n) is 5.17. The Labute approximate surface area is 150 Å². The zero-order valence-corrected chi connectivity index (χ0v) is 14.5. The molecule has 0 N–H and O–H groups in total. The Hall–Kier alpha value is -2.79. The van der Waals surface area contributed by atoms with Crippen LogP contribution in [0.15, 0.2) is 53.2 Å². The number of hydrogen-bond donors (Lipinski definition) is 0. The van der Waals surface area contributed by atoms with Gasteiger partial charge in [-0.1, -0.05) is 29.8 Å². The lowest BCUT2D eigenvalue weighted by atomic mass is 10.1. The van der Waals surface area contributed by atoms with Crippen LogP contribution in [0.1, 0.15) is 18.1 Å². The number of cyclic esters (lactones) is 1. The maximum Gasteiger partial charge on any atom is 0.363 e. The van der Waals surface area contributed by atoms with Crippen molar-refractivity contribution in [3.05, 3.63) is 64.3 Å². The van der Waals surface area contributed by atoms with Crippen LogP contribution in [-0.4, -0.2) is 25.6 Å². The molecule has 3 rings (SSSR count). The van der Waals surface area contributed by atoms with Crippen LogP contribution < -0.4 is 9.47 Å². The summed E-state index contributed by atoms with van der Waals surface area (Å²) in [5.41, 5.74) is 1.60. The molecule has 1 aliphatic heterocycles. The van der Waals surface area contributed by atoms with Gasteiger partial charge in [0.05, 0.1) is 18.7 Å². The number of hydrogen-bond acceptors (Lipinski definition) is 5. The number of halogens is 1. The lowest BCUT2D eigenvalue weighted by Gasteiger charge is -2.11. The van der Waals surface area contributed by atoms with Crippen molar-refractivity contribution < 1.29 is 19.0 Å². The Bertz CT molecular complexity index is 859. The van der Waals surface area contributed by atoms with Gasteiger partial charge in [-0.25, -0.2) is 9.79 Å². The molecule has 0 radical (unpaired) electrons. The van der Waals surface area contributed by atoms with E-state index in [9.17, 15) is 4.79 Å². The minimum absolute atomic E-state index is 0.197. The number of methoxy groups -OCH3 is 1. The molecule has 0 spiro atoms. The Morgan fingerprint density at radius 2 is 2.00 bits per heavy atom. The highest BCUT2D eigenvalue weighted by Crippen LogP contribution is 2.37. The van der Waals surface area contributed by atoms with E-state index in [0.29, 0.717) is 28.7 Å². The molecule has 25 heavy (non-hydrogen) atoms. The third-order valence-corrected chi connectivity index (χ3v) is 3.76. The van der Waals surface area contributed by atoms with E-state index in [1.165, 1.54) is 7.11 Å². The largest absolute Gasteiger partial charge is 0.491 e. The van der Waals surface area contributed by atoms with Crippen molar-refractivity contribution in [2.45, 2.75) is 6.92 Å². The molecule has 1 aliphatic rings. The first-order chi connectivity index (χ1) is 12.1. The molecule has 0 amide bonds. The summed E-state index contributed by atoms with van der Waals surface area (Å²) in [5.74, 6) is 0.723. The van der Waals surface area contributed by atoms with Crippen LogP contribution >= 0.6 is 11.6 Å². The lowest BCUT2D eigenvalue weighted by molar-refractivity contribution is -0.129. The van der Waals surface area contributed by atoms with E-state index in [1.54, 1.807) is 18.2 Å². The summed E-state index contributed by atoms with van der Waals surface area (Å²) in [6, 6.07) is 12.7. The Balaban J connectivity index is 1.97. The van der Waals surface area contributed by atoms with Crippen LogP contribution in [0, 0.1) is 0 Å². The number of nitrogens with zero attached hydrogens (tertiary/aromatic N) is 1. The zero-order valence-electron chi connectivity index (χ0n) is 13.8. The fourth-order valence-corrected chi connectivity index (χ4v) is 2.70. The van der Waals surface area contributed by atoms with E-state index >= 15 is 0 Å². The molecular formula is C19H16ClNO4. The van der Waals surface area contributed by atoms with E-state index in [4.69, 9.17) is 25.8 Å². The van der Waals surface area contributed by atoms with Crippen LogP contribution in [0.3, 0.4) is 0 Å². The molecule has 0 saturated heterocycles. The summed E-state index contributed by atoms with van der Waals surface area (Å²) in [6.07, 6.45) is 1.60. The highest BCUT2D eigenvalue weighted by Gasteiger charge is 2.24. The standard InChI is InChI=1S/C19H16ClNO4/c1-3-24-16-11-12(9-14(20)17(16)23-2)10-15-19(22)25-18(21-15)13-7-5-4-6-8-13/h4-11H,3H2,1-2H3/b15-10-. The van der Waals surface area contributed by atoms with E-state index in [2.05, 4.69) is 4.99 Å². The quantitative estimate of drug-likeness (QED) is 0.597. The molecule has 0 fully saturated rings. The number of ether oxygens (including phenoxy) is 3. The number of rotatable bonds is 5. The van der Waals surface area contributed by atoms with Crippen molar-refractivity contribution in [2.75, 3.05) is 13.7 Å². The normalized spacial score (nSPS) is 15.1. The first kappa shape index (κ1) is 17.0. The van der Waals surface area contributed by atoms with Gasteiger partial charge >= 0.3 is 5.97 Å². The molecule has 0 aliphatic carbocycles. The van der Waals surface area contributed by atoms with Gasteiger partial charge in [-0.05, 0) is 42.8 Å². The van der Waals surface area contributed by atoms with Gasteiger partial charge < -0.3 is 14.2 Å². The Morgan fingerprint density at radius 1 is 1.24 bits per heavy atom. The van der Waals surface area contributed by atoms with Crippen molar-refractivity contribution in [3.8, 4) is 11.5 Å². The van der Waals surface area contributed by atoms with Gasteiger partial charge in [-0.3, -0.25) is 0 Å². The van der Waals surface area contributed by atoms with Crippen molar-refractivity contribution in [1.29, 1.82) is 0 Å². The van der Waals surface area contributed by atoms with Crippen LogP contribution in [0.2, 0.25) is 5.02 Å². The summed E-state index contributed by atoms with van der Waals surface area (Å²) < 4.78 is 16.0. The molecule has 5 nitrogen and oxygen atoms in total. The molecule has 1 heterocycles. The van der Waals surface area contributed by atoms with E-state index in [0.717, 1.165) is 5.56 Å². The second-order valence-corrected chi connectivity index (χ2v) is 5.58. The number of aliphatic imine (C=N–C) groups is 1. The van der Waals surface area contributed by atoms with Crippen LogP contribution in [0.5, 0.6) is 11.5 Å². The molecule has 128 valence electrons. The summed E-state index contributed by atoms with van der Waals surface area (Å²) in [4.78, 5) is 16.4. The summed E-state index contributed by atoms with van der Waals surface area (Å²) in [5, 5.41) is 0.388. The molecule has 2 aromatic carbocycles. The summed E-state index contributed by atoms with van der Waals surface area (Å²) >= 11 is 6.23. The predicted molar refractivity (Wildman–Crippen MR) is 96.2 cm³/mol. The van der Waals surface area contributed by atoms with Crippen molar-refractivity contribution >= 4 is 29.5 Å². The smallest absolute Gasteiger partial charge is 0.363 e. The zero-order chi connectivity index (χ0) is 17.8. The second kappa shape index (κ2) is 7.40. The number of carbonyl (C=O) groups excluding carboxylic acids is 1. The van der Waals surface area contributed by atoms with Crippen LogP contribution in [0.25, 0.3) is 6.08 Å². The average molecular weight is 358 g/mol. The topological polar surface area (TPSA) is 57.1 Å². The molecule has 0 saturated carbocycles. The molecule has 6 heteroatoms. The molecule has 0 bridgehead atoms. The van der Waals surface area contributed by atoms with E-state index in [-0.39, 0.29) is 11.6 Å². The van der Waals surface area contributed by atoms with Crippen molar-refractivity contribution in [2.24, 2.45) is 4.99 Å². The predicted octanol–water partition coefficient (Wildman–Crippen LogP) is 4.09. The van der Waals surface area contributed by atoms with Crippen molar-refractivity contribution in [1.82, 2.24) is 0 Å². The fraction of sp³-hybridized carbons (Fsp3) is 0.158. The van der Waals surface area contributed by atoms with Crippen LogP contribution in [-0.2, 0) is 9.53 Å². The molecule has 2 aromatic rings. The SMILES string of the molecule is CCOc1cc(/C=C2\N=C(c3ccccc3)OC2=O)cc(Cl)c1OC. The Kier molecular flexibility index (Phi) is 5.05. The Morgan fingerprint density at radius 3 is 2.68 bits per heavy atom. The highest BCUT2D eigenvalue weighted by atomic mass is 35.5. The highest BCUT2D eigenvalue weighted by molar-refractivity contribution is 6.32. The van der Waals surface area contributed by atoms with Gasteiger partial charge in [-0.15, -0.1) is 0 Å². The third kappa shape index (κ3) is 3.67. The number of benzene rings is 2. The molecule has 0 aromatic heterocycles. The first-order valence-electron chi connectivity index (χ1n) is 7.70. The van der Waals surface area contributed by atoms with Gasteiger partial charge in [0.1, 0.15) is 0 Å². The maximum atomic E-state index is 12.1. The summed E-state index contributed by atoms with van der Waals surface area (Å²) in [7, 11) is 1.52. The molecule has 0 atom stereocenters. The third-order valence-electron chi connectivity index (χ3n) is 3.48. The molecule has 0 unspecified atom stereocenters. The fourth-order valence-electron chi connectivity index (χ4n) is 2.40. The minimum Gasteiger partial charge on any atom is -0.491 e. The maximum absolute atomic E-state index is 12.1. The van der Waals surface area contributed by atoms with Gasteiger partial charge in [-0.2, -0.15) is 0 Å². The van der Waals surface area contributed by atoms with Gasteiger partial charge in [0.2, 0.25) is 5.90 Å². The monoisotopic (exact) mass is 357 g/mol. The van der Waals surface area contributed by atoms with Gasteiger partial charge in [0.25, 0.3) is 0 Å². The number of carbonyl (C=O) groups is 1. The van der Waals surface area contributed by atoms with E-state index < -0.39 is 5.97 Å². The van der Waals surface area contributed by atoms with E-state index in [1.807, 2.05) is 37.3 Å². The minimum atomic E-state index is -0.510. The molecular weight excluding hydrogens is 342 g/mol. The average Bonchev–Trinajstić information content (AvgIpc) is 2.97. The van der Waals surface area contributed by atoms with Crippen molar-refractivity contribution in [3.63, 3.8) is 0 Å². The summed E-state index contributed by atoms with van der Waals surface area (Å²) in [6.45, 7) is 2.33. The van der Waals surface area contributed by atoms with Gasteiger partial charge in [0, 0.05) is 5.56 Å². The number of esters is 1. The van der Waals surface area contributed by atoms with Crippen LogP contribution in [0.4, 0.5) is 0 Å².